The van der Waals surface area contributed by atoms with Gasteiger partial charge >= 0.3 is 0 Å². The molecule has 2 aromatic rings. The summed E-state index contributed by atoms with van der Waals surface area (Å²) in [5, 5.41) is 3.41. The molecule has 0 radical (unpaired) electrons. The Kier molecular flexibility index (Phi) is 3.68. The predicted octanol–water partition coefficient (Wildman–Crippen LogP) is 3.18. The summed E-state index contributed by atoms with van der Waals surface area (Å²) in [5.74, 6) is 0.880. The van der Waals surface area contributed by atoms with Crippen LogP contribution < -0.4 is 10.1 Å². The lowest BCUT2D eigenvalue weighted by Gasteiger charge is -2.30. The molecular formula is C16H19NO. The van der Waals surface area contributed by atoms with Gasteiger partial charge in [0.15, 0.2) is 0 Å². The fourth-order valence-electron chi connectivity index (χ4n) is 2.15. The maximum absolute atomic E-state index is 5.20. The van der Waals surface area contributed by atoms with Gasteiger partial charge in [-0.05, 0) is 37.2 Å². The van der Waals surface area contributed by atoms with Gasteiger partial charge in [0.2, 0.25) is 0 Å². The van der Waals surface area contributed by atoms with Gasteiger partial charge < -0.3 is 10.1 Å². The first-order valence-electron chi connectivity index (χ1n) is 6.09. The monoisotopic (exact) mass is 241 g/mol. The molecule has 0 aliphatic carbocycles. The average Bonchev–Trinajstić information content (AvgIpc) is 2.47. The van der Waals surface area contributed by atoms with Gasteiger partial charge in [-0.15, -0.1) is 0 Å². The maximum Gasteiger partial charge on any atom is 0.118 e. The van der Waals surface area contributed by atoms with Crippen LogP contribution in [0.3, 0.4) is 0 Å². The van der Waals surface area contributed by atoms with Crippen molar-refractivity contribution in [1.82, 2.24) is 5.32 Å². The molecule has 1 atom stereocenters. The second kappa shape index (κ2) is 5.23. The Labute approximate surface area is 109 Å². The Morgan fingerprint density at radius 1 is 0.889 bits per heavy atom. The second-order valence-corrected chi connectivity index (χ2v) is 4.47. The van der Waals surface area contributed by atoms with Gasteiger partial charge in [0.05, 0.1) is 12.6 Å². The molecule has 94 valence electrons. The van der Waals surface area contributed by atoms with Crippen LogP contribution in [0.5, 0.6) is 5.75 Å². The van der Waals surface area contributed by atoms with E-state index >= 15 is 0 Å². The molecular weight excluding hydrogens is 222 g/mol. The van der Waals surface area contributed by atoms with Crippen LogP contribution in [0.2, 0.25) is 0 Å². The van der Waals surface area contributed by atoms with E-state index in [1.165, 1.54) is 11.1 Å². The second-order valence-electron chi connectivity index (χ2n) is 4.47. The van der Waals surface area contributed by atoms with Crippen molar-refractivity contribution < 1.29 is 4.74 Å². The Balaban J connectivity index is 2.43. The van der Waals surface area contributed by atoms with E-state index in [9.17, 15) is 0 Å². The van der Waals surface area contributed by atoms with Crippen molar-refractivity contribution in [3.05, 3.63) is 65.7 Å². The first-order valence-corrected chi connectivity index (χ1v) is 6.09. The minimum atomic E-state index is -0.187. The summed E-state index contributed by atoms with van der Waals surface area (Å²) < 4.78 is 5.20. The smallest absolute Gasteiger partial charge is 0.118 e. The van der Waals surface area contributed by atoms with Gasteiger partial charge in [0.1, 0.15) is 5.75 Å². The van der Waals surface area contributed by atoms with Crippen LogP contribution in [0.1, 0.15) is 18.1 Å². The molecule has 0 saturated heterocycles. The molecule has 18 heavy (non-hydrogen) atoms. The highest BCUT2D eigenvalue weighted by atomic mass is 16.5. The topological polar surface area (TPSA) is 21.3 Å². The lowest BCUT2D eigenvalue weighted by Crippen LogP contribution is -2.37. The van der Waals surface area contributed by atoms with Crippen LogP contribution in [-0.4, -0.2) is 14.2 Å². The number of benzene rings is 2. The van der Waals surface area contributed by atoms with Crippen molar-refractivity contribution in [2.75, 3.05) is 14.2 Å². The lowest BCUT2D eigenvalue weighted by molar-refractivity contribution is 0.413. The summed E-state index contributed by atoms with van der Waals surface area (Å²) in [7, 11) is 3.67. The van der Waals surface area contributed by atoms with Crippen LogP contribution in [0.4, 0.5) is 0 Å². The summed E-state index contributed by atoms with van der Waals surface area (Å²) in [6.45, 7) is 2.18. The quantitative estimate of drug-likeness (QED) is 0.887. The zero-order valence-corrected chi connectivity index (χ0v) is 11.1. The van der Waals surface area contributed by atoms with Crippen LogP contribution >= 0.6 is 0 Å². The molecule has 2 nitrogen and oxygen atoms in total. The van der Waals surface area contributed by atoms with E-state index in [0.29, 0.717) is 0 Å². The summed E-state index contributed by atoms with van der Waals surface area (Å²) in [5.41, 5.74) is 2.28. The SMILES string of the molecule is CN[C@](C)(c1ccccc1)c1ccc(OC)cc1. The standard InChI is InChI=1S/C16H19NO/c1-16(17-2,13-7-5-4-6-8-13)14-9-11-15(18-3)12-10-14/h4-12,17H,1-3H3/t16-/m1/s1. The molecule has 2 heteroatoms. The van der Waals surface area contributed by atoms with E-state index in [1.54, 1.807) is 7.11 Å². The van der Waals surface area contributed by atoms with E-state index in [0.717, 1.165) is 5.75 Å². The predicted molar refractivity (Wildman–Crippen MR) is 74.9 cm³/mol. The van der Waals surface area contributed by atoms with Crippen LogP contribution in [0.15, 0.2) is 54.6 Å². The van der Waals surface area contributed by atoms with Gasteiger partial charge in [-0.25, -0.2) is 0 Å². The summed E-state index contributed by atoms with van der Waals surface area (Å²) in [6.07, 6.45) is 0. The first-order chi connectivity index (χ1) is 8.70. The van der Waals surface area contributed by atoms with Crippen molar-refractivity contribution >= 4 is 0 Å². The highest BCUT2D eigenvalue weighted by molar-refractivity contribution is 5.39. The number of hydrogen-bond acceptors (Lipinski definition) is 2. The Hall–Kier alpha value is -1.80. The van der Waals surface area contributed by atoms with E-state index in [1.807, 2.05) is 25.2 Å². The highest BCUT2D eigenvalue weighted by Crippen LogP contribution is 2.29. The fraction of sp³-hybridized carbons (Fsp3) is 0.250. The molecule has 1 N–H and O–H groups in total. The summed E-state index contributed by atoms with van der Waals surface area (Å²) in [6, 6.07) is 18.6. The average molecular weight is 241 g/mol. The number of rotatable bonds is 4. The Morgan fingerprint density at radius 3 is 1.94 bits per heavy atom. The molecule has 0 bridgehead atoms. The molecule has 0 fully saturated rings. The third-order valence-corrected chi connectivity index (χ3v) is 3.52. The molecule has 0 spiro atoms. The Morgan fingerprint density at radius 2 is 1.44 bits per heavy atom. The lowest BCUT2D eigenvalue weighted by atomic mass is 9.85. The molecule has 0 aliphatic heterocycles. The van der Waals surface area contributed by atoms with E-state index < -0.39 is 0 Å². The zero-order valence-electron chi connectivity index (χ0n) is 11.1. The third-order valence-electron chi connectivity index (χ3n) is 3.52. The summed E-state index contributed by atoms with van der Waals surface area (Å²) >= 11 is 0. The van der Waals surface area contributed by atoms with Gasteiger partial charge in [0, 0.05) is 0 Å². The van der Waals surface area contributed by atoms with Crippen molar-refractivity contribution in [3.8, 4) is 5.75 Å². The normalized spacial score (nSPS) is 13.9. The molecule has 0 heterocycles. The molecule has 0 saturated carbocycles. The number of nitrogens with one attached hydrogen (secondary N) is 1. The van der Waals surface area contributed by atoms with Crippen molar-refractivity contribution in [2.24, 2.45) is 0 Å². The minimum absolute atomic E-state index is 0.187. The number of methoxy groups -OCH3 is 1. The van der Waals surface area contributed by atoms with Gasteiger partial charge in [-0.2, -0.15) is 0 Å². The third kappa shape index (κ3) is 2.24. The largest absolute Gasteiger partial charge is 0.497 e. The summed E-state index contributed by atoms with van der Waals surface area (Å²) in [4.78, 5) is 0. The van der Waals surface area contributed by atoms with Crippen LogP contribution in [0.25, 0.3) is 0 Å². The van der Waals surface area contributed by atoms with Gasteiger partial charge in [-0.1, -0.05) is 42.5 Å². The fourth-order valence-corrected chi connectivity index (χ4v) is 2.15. The van der Waals surface area contributed by atoms with E-state index in [-0.39, 0.29) is 5.54 Å². The van der Waals surface area contributed by atoms with E-state index in [4.69, 9.17) is 4.74 Å². The van der Waals surface area contributed by atoms with Crippen LogP contribution in [-0.2, 0) is 5.54 Å². The van der Waals surface area contributed by atoms with Gasteiger partial charge in [0.25, 0.3) is 0 Å². The first kappa shape index (κ1) is 12.7. The Bertz CT molecular complexity index is 492. The maximum atomic E-state index is 5.20. The van der Waals surface area contributed by atoms with Crippen molar-refractivity contribution in [1.29, 1.82) is 0 Å². The minimum Gasteiger partial charge on any atom is -0.497 e. The van der Waals surface area contributed by atoms with Crippen LogP contribution in [0, 0.1) is 0 Å². The van der Waals surface area contributed by atoms with Crippen molar-refractivity contribution in [3.63, 3.8) is 0 Å². The molecule has 0 unspecified atom stereocenters. The molecule has 2 aromatic carbocycles. The highest BCUT2D eigenvalue weighted by Gasteiger charge is 2.26. The molecule has 0 aromatic heterocycles. The van der Waals surface area contributed by atoms with Crippen molar-refractivity contribution in [2.45, 2.75) is 12.5 Å². The van der Waals surface area contributed by atoms with Gasteiger partial charge in [-0.3, -0.25) is 0 Å². The molecule has 2 rings (SSSR count). The number of ether oxygens (including phenoxy) is 1. The molecule has 0 amide bonds. The molecule has 0 aliphatic rings. The number of hydrogen-bond donors (Lipinski definition) is 1. The van der Waals surface area contributed by atoms with E-state index in [2.05, 4.69) is 48.6 Å². The zero-order chi connectivity index (χ0) is 13.0.